The van der Waals surface area contributed by atoms with Crippen LogP contribution in [0.2, 0.25) is 0 Å². The van der Waals surface area contributed by atoms with Gasteiger partial charge in [-0.3, -0.25) is 0 Å². The molecule has 2 nitrogen and oxygen atoms in total. The average molecular weight is 195 g/mol. The molecule has 0 aromatic heterocycles. The minimum absolute atomic E-state index is 0.718. The summed E-state index contributed by atoms with van der Waals surface area (Å²) in [5.41, 5.74) is 0. The van der Waals surface area contributed by atoms with Crippen LogP contribution in [-0.4, -0.2) is 22.5 Å². The van der Waals surface area contributed by atoms with E-state index in [0.717, 1.165) is 13.2 Å². The molecular weight excluding hydrogens is 180 g/mol. The van der Waals surface area contributed by atoms with E-state index in [0.29, 0.717) is 0 Å². The SMILES string of the molecule is CCO[SiH](OCC)c1cc[c]cc1. The van der Waals surface area contributed by atoms with E-state index in [4.69, 9.17) is 8.85 Å². The first-order valence-corrected chi connectivity index (χ1v) is 6.09. The van der Waals surface area contributed by atoms with E-state index in [9.17, 15) is 0 Å². The molecule has 0 fully saturated rings. The zero-order valence-corrected chi connectivity index (χ0v) is 9.27. The molecule has 0 N–H and O–H groups in total. The molecule has 0 spiro atoms. The van der Waals surface area contributed by atoms with Crippen LogP contribution in [0.1, 0.15) is 13.8 Å². The zero-order chi connectivity index (χ0) is 9.52. The summed E-state index contributed by atoms with van der Waals surface area (Å²) in [6.45, 7) is 5.42. The van der Waals surface area contributed by atoms with Crippen molar-refractivity contribution in [2.75, 3.05) is 13.2 Å². The maximum absolute atomic E-state index is 5.57. The Morgan fingerprint density at radius 2 is 1.69 bits per heavy atom. The van der Waals surface area contributed by atoms with Crippen LogP contribution in [-0.2, 0) is 8.85 Å². The van der Waals surface area contributed by atoms with Crippen molar-refractivity contribution in [1.29, 1.82) is 0 Å². The van der Waals surface area contributed by atoms with Gasteiger partial charge >= 0.3 is 9.28 Å². The summed E-state index contributed by atoms with van der Waals surface area (Å²) >= 11 is 0. The predicted octanol–water partition coefficient (Wildman–Crippen LogP) is 0.987. The molecule has 0 aliphatic rings. The summed E-state index contributed by atoms with van der Waals surface area (Å²) in [7, 11) is -1.61. The maximum atomic E-state index is 5.57. The Labute approximate surface area is 81.3 Å². The van der Waals surface area contributed by atoms with Gasteiger partial charge in [-0.05, 0) is 25.1 Å². The Bertz CT molecular complexity index is 220. The highest BCUT2D eigenvalue weighted by Crippen LogP contribution is 1.92. The third kappa shape index (κ3) is 3.30. The lowest BCUT2D eigenvalue weighted by Crippen LogP contribution is -2.36. The molecule has 1 aromatic carbocycles. The van der Waals surface area contributed by atoms with Crippen LogP contribution in [0, 0.1) is 6.07 Å². The quantitative estimate of drug-likeness (QED) is 0.652. The first kappa shape index (κ1) is 10.4. The Balaban J connectivity index is 2.64. The van der Waals surface area contributed by atoms with Crippen molar-refractivity contribution >= 4 is 14.5 Å². The second-order valence-corrected chi connectivity index (χ2v) is 4.57. The minimum Gasteiger partial charge on any atom is -0.394 e. The van der Waals surface area contributed by atoms with Gasteiger partial charge in [0.1, 0.15) is 0 Å². The highest BCUT2D eigenvalue weighted by Gasteiger charge is 2.13. The van der Waals surface area contributed by atoms with E-state index in [1.165, 1.54) is 5.19 Å². The highest BCUT2D eigenvalue weighted by molar-refractivity contribution is 6.61. The van der Waals surface area contributed by atoms with Crippen molar-refractivity contribution in [1.82, 2.24) is 0 Å². The highest BCUT2D eigenvalue weighted by atomic mass is 28.3. The molecule has 0 heterocycles. The summed E-state index contributed by atoms with van der Waals surface area (Å²) in [5.74, 6) is 0. The maximum Gasteiger partial charge on any atom is 0.355 e. The molecule has 0 aliphatic carbocycles. The second-order valence-electron chi connectivity index (χ2n) is 2.58. The molecule has 0 amide bonds. The van der Waals surface area contributed by atoms with Crippen LogP contribution in [0.5, 0.6) is 0 Å². The van der Waals surface area contributed by atoms with Gasteiger partial charge in [-0.15, -0.1) is 0 Å². The van der Waals surface area contributed by atoms with Crippen molar-refractivity contribution in [3.05, 3.63) is 30.3 Å². The largest absolute Gasteiger partial charge is 0.394 e. The Morgan fingerprint density at radius 3 is 2.15 bits per heavy atom. The lowest BCUT2D eigenvalue weighted by Gasteiger charge is -2.14. The molecule has 0 aliphatic heterocycles. The van der Waals surface area contributed by atoms with Crippen LogP contribution in [0.4, 0.5) is 0 Å². The lowest BCUT2D eigenvalue weighted by molar-refractivity contribution is 0.225. The lowest BCUT2D eigenvalue weighted by atomic mass is 10.4. The van der Waals surface area contributed by atoms with Gasteiger partial charge in [0.25, 0.3) is 0 Å². The fourth-order valence-electron chi connectivity index (χ4n) is 1.10. The molecule has 1 aromatic rings. The van der Waals surface area contributed by atoms with Crippen LogP contribution in [0.25, 0.3) is 0 Å². The molecule has 0 atom stereocenters. The first-order chi connectivity index (χ1) is 6.38. The zero-order valence-electron chi connectivity index (χ0n) is 8.12. The van der Waals surface area contributed by atoms with Gasteiger partial charge in [-0.2, -0.15) is 0 Å². The molecular formula is C10H15O2Si. The number of hydrogen-bond donors (Lipinski definition) is 0. The third-order valence-corrected chi connectivity index (χ3v) is 3.85. The Hall–Kier alpha value is -0.643. The predicted molar refractivity (Wildman–Crippen MR) is 55.3 cm³/mol. The molecule has 0 unspecified atom stereocenters. The number of benzene rings is 1. The van der Waals surface area contributed by atoms with Gasteiger partial charge in [0.15, 0.2) is 0 Å². The number of hydrogen-bond acceptors (Lipinski definition) is 2. The smallest absolute Gasteiger partial charge is 0.355 e. The molecule has 1 rings (SSSR count). The molecule has 71 valence electrons. The fraction of sp³-hybridized carbons (Fsp3) is 0.400. The minimum atomic E-state index is -1.61. The van der Waals surface area contributed by atoms with Crippen LogP contribution in [0.15, 0.2) is 24.3 Å². The van der Waals surface area contributed by atoms with Gasteiger partial charge in [-0.25, -0.2) is 0 Å². The Morgan fingerprint density at radius 1 is 1.15 bits per heavy atom. The standard InChI is InChI=1S/C10H15O2Si/c1-3-11-13(12-4-2)10-8-6-5-7-9-10/h6-9,13H,3-4H2,1-2H3. The van der Waals surface area contributed by atoms with Crippen LogP contribution < -0.4 is 5.19 Å². The van der Waals surface area contributed by atoms with Crippen molar-refractivity contribution in [2.24, 2.45) is 0 Å². The number of rotatable bonds is 5. The average Bonchev–Trinajstić information content (AvgIpc) is 2.19. The van der Waals surface area contributed by atoms with E-state index in [2.05, 4.69) is 6.07 Å². The van der Waals surface area contributed by atoms with Gasteiger partial charge < -0.3 is 8.85 Å². The molecule has 0 bridgehead atoms. The van der Waals surface area contributed by atoms with Crippen molar-refractivity contribution in [2.45, 2.75) is 13.8 Å². The molecule has 0 saturated heterocycles. The summed E-state index contributed by atoms with van der Waals surface area (Å²) in [6.07, 6.45) is 0. The second kappa shape index (κ2) is 5.91. The summed E-state index contributed by atoms with van der Waals surface area (Å²) in [6, 6.07) is 10.8. The van der Waals surface area contributed by atoms with E-state index >= 15 is 0 Å². The van der Waals surface area contributed by atoms with Gasteiger partial charge in [0.05, 0.1) is 0 Å². The van der Waals surface area contributed by atoms with Gasteiger partial charge in [0, 0.05) is 13.2 Å². The van der Waals surface area contributed by atoms with Gasteiger partial charge in [-0.1, -0.05) is 24.3 Å². The normalized spacial score (nSPS) is 10.7. The summed E-state index contributed by atoms with van der Waals surface area (Å²) in [5, 5.41) is 1.18. The van der Waals surface area contributed by atoms with Crippen molar-refractivity contribution < 1.29 is 8.85 Å². The topological polar surface area (TPSA) is 18.5 Å². The van der Waals surface area contributed by atoms with Crippen LogP contribution >= 0.6 is 0 Å². The van der Waals surface area contributed by atoms with Gasteiger partial charge in [0.2, 0.25) is 0 Å². The third-order valence-electron chi connectivity index (χ3n) is 1.65. The summed E-state index contributed by atoms with van der Waals surface area (Å²) < 4.78 is 11.1. The first-order valence-electron chi connectivity index (χ1n) is 4.57. The van der Waals surface area contributed by atoms with Crippen molar-refractivity contribution in [3.63, 3.8) is 0 Å². The molecule has 1 radical (unpaired) electrons. The van der Waals surface area contributed by atoms with Crippen molar-refractivity contribution in [3.8, 4) is 0 Å². The summed E-state index contributed by atoms with van der Waals surface area (Å²) in [4.78, 5) is 0. The fourth-order valence-corrected chi connectivity index (χ4v) is 2.69. The molecule has 3 heteroatoms. The Kier molecular flexibility index (Phi) is 4.75. The van der Waals surface area contributed by atoms with E-state index in [-0.39, 0.29) is 0 Å². The molecule has 0 saturated carbocycles. The van der Waals surface area contributed by atoms with E-state index in [1.54, 1.807) is 0 Å². The van der Waals surface area contributed by atoms with E-state index in [1.807, 2.05) is 38.1 Å². The van der Waals surface area contributed by atoms with E-state index < -0.39 is 9.28 Å². The molecule has 13 heavy (non-hydrogen) atoms. The van der Waals surface area contributed by atoms with Crippen LogP contribution in [0.3, 0.4) is 0 Å². The monoisotopic (exact) mass is 195 g/mol.